The van der Waals surface area contributed by atoms with Crippen molar-refractivity contribution in [3.05, 3.63) is 10.4 Å². The summed E-state index contributed by atoms with van der Waals surface area (Å²) in [7, 11) is 0. The molecule has 0 radical (unpaired) electrons. The molecule has 1 fully saturated rings. The van der Waals surface area contributed by atoms with Crippen LogP contribution in [0.3, 0.4) is 0 Å². The molecule has 6 heteroatoms. The van der Waals surface area contributed by atoms with Gasteiger partial charge in [-0.15, -0.1) is 11.3 Å². The highest BCUT2D eigenvalue weighted by Crippen LogP contribution is 2.37. The molecule has 0 aromatic carbocycles. The number of nitriles is 1. The molecule has 1 amide bonds. The number of nitrogens with two attached hydrogens (primary N) is 1. The van der Waals surface area contributed by atoms with E-state index < -0.39 is 0 Å². The topological polar surface area (TPSA) is 90.9 Å². The van der Waals surface area contributed by atoms with Crippen molar-refractivity contribution in [1.82, 2.24) is 5.32 Å². The molecule has 1 aliphatic carbocycles. The zero-order chi connectivity index (χ0) is 13.1. The van der Waals surface area contributed by atoms with Crippen LogP contribution in [0.15, 0.2) is 0 Å². The van der Waals surface area contributed by atoms with Crippen molar-refractivity contribution < 1.29 is 4.79 Å². The number of nitrogens with zero attached hydrogens (tertiary/aromatic N) is 1. The van der Waals surface area contributed by atoms with Crippen molar-refractivity contribution in [2.45, 2.75) is 32.2 Å². The van der Waals surface area contributed by atoms with E-state index in [2.05, 4.69) is 16.7 Å². The molecule has 1 heterocycles. The van der Waals surface area contributed by atoms with Crippen molar-refractivity contribution in [3.8, 4) is 6.07 Å². The third-order valence-corrected chi connectivity index (χ3v) is 4.18. The van der Waals surface area contributed by atoms with Crippen molar-refractivity contribution in [3.63, 3.8) is 0 Å². The van der Waals surface area contributed by atoms with Crippen molar-refractivity contribution >= 4 is 27.9 Å². The second-order valence-corrected chi connectivity index (χ2v) is 5.31. The van der Waals surface area contributed by atoms with Gasteiger partial charge in [-0.2, -0.15) is 5.26 Å². The third-order valence-electron chi connectivity index (χ3n) is 3.04. The van der Waals surface area contributed by atoms with Crippen molar-refractivity contribution in [2.24, 2.45) is 0 Å². The lowest BCUT2D eigenvalue weighted by molar-refractivity contribution is 0.0960. The van der Waals surface area contributed by atoms with Gasteiger partial charge in [-0.25, -0.2) is 0 Å². The van der Waals surface area contributed by atoms with E-state index in [0.717, 1.165) is 17.8 Å². The predicted molar refractivity (Wildman–Crippen MR) is 72.7 cm³/mol. The summed E-state index contributed by atoms with van der Waals surface area (Å²) in [6.07, 6.45) is 3.43. The summed E-state index contributed by atoms with van der Waals surface area (Å²) < 4.78 is 0. The lowest BCUT2D eigenvalue weighted by atomic mass is 9.93. The minimum atomic E-state index is -0.210. The van der Waals surface area contributed by atoms with Crippen LogP contribution in [0.2, 0.25) is 0 Å². The van der Waals surface area contributed by atoms with E-state index in [-0.39, 0.29) is 11.6 Å². The molecule has 0 bridgehead atoms. The fourth-order valence-electron chi connectivity index (χ4n) is 1.80. The van der Waals surface area contributed by atoms with Gasteiger partial charge in [-0.1, -0.05) is 0 Å². The molecular weight excluding hydrogens is 248 g/mol. The predicted octanol–water partition coefficient (Wildman–Crippen LogP) is 1.92. The number of anilines is 2. The Kier molecular flexibility index (Phi) is 3.72. The van der Waals surface area contributed by atoms with Crippen LogP contribution in [0.4, 0.5) is 10.7 Å². The Morgan fingerprint density at radius 3 is 2.83 bits per heavy atom. The molecular formula is C12H16N4OS. The van der Waals surface area contributed by atoms with Gasteiger partial charge in [0.2, 0.25) is 0 Å². The first kappa shape index (κ1) is 12.7. The molecule has 0 atom stereocenters. The van der Waals surface area contributed by atoms with Crippen LogP contribution < -0.4 is 16.4 Å². The number of nitrogen functional groups attached to an aromatic ring is 1. The van der Waals surface area contributed by atoms with Gasteiger partial charge >= 0.3 is 0 Å². The molecule has 0 saturated heterocycles. The maximum absolute atomic E-state index is 11.8. The van der Waals surface area contributed by atoms with Gasteiger partial charge < -0.3 is 16.4 Å². The Balaban J connectivity index is 2.26. The van der Waals surface area contributed by atoms with Gasteiger partial charge in [0.25, 0.3) is 5.91 Å². The lowest BCUT2D eigenvalue weighted by Crippen LogP contribution is -2.26. The SMILES string of the molecule is CCNC(=O)c1sc(NC2CCC2)c(C#N)c1N. The monoisotopic (exact) mass is 264 g/mol. The normalized spacial score (nSPS) is 14.7. The molecule has 0 aliphatic heterocycles. The zero-order valence-corrected chi connectivity index (χ0v) is 11.1. The van der Waals surface area contributed by atoms with Gasteiger partial charge in [-0.3, -0.25) is 4.79 Å². The van der Waals surface area contributed by atoms with Gasteiger partial charge in [0.05, 0.1) is 5.69 Å². The number of amides is 1. The largest absolute Gasteiger partial charge is 0.396 e. The van der Waals surface area contributed by atoms with Gasteiger partial charge in [0.1, 0.15) is 21.5 Å². The Morgan fingerprint density at radius 2 is 2.33 bits per heavy atom. The Bertz CT molecular complexity index is 499. The van der Waals surface area contributed by atoms with E-state index >= 15 is 0 Å². The van der Waals surface area contributed by atoms with Gasteiger partial charge in [0, 0.05) is 12.6 Å². The Morgan fingerprint density at radius 1 is 1.61 bits per heavy atom. The molecule has 4 N–H and O–H groups in total. The molecule has 1 aromatic heterocycles. The molecule has 0 spiro atoms. The van der Waals surface area contributed by atoms with Crippen LogP contribution in [0.25, 0.3) is 0 Å². The summed E-state index contributed by atoms with van der Waals surface area (Å²) in [6, 6.07) is 2.49. The first-order valence-corrected chi connectivity index (χ1v) is 6.86. The van der Waals surface area contributed by atoms with Crippen LogP contribution in [0.5, 0.6) is 0 Å². The standard InChI is InChI=1S/C12H16N4OS/c1-2-15-11(17)10-9(14)8(6-13)12(18-10)16-7-4-3-5-7/h7,16H,2-5,14H2,1H3,(H,15,17). The van der Waals surface area contributed by atoms with Crippen LogP contribution in [-0.4, -0.2) is 18.5 Å². The summed E-state index contributed by atoms with van der Waals surface area (Å²) in [5.41, 5.74) is 6.55. The van der Waals surface area contributed by atoms with E-state index in [1.807, 2.05) is 6.92 Å². The van der Waals surface area contributed by atoms with Gasteiger partial charge in [-0.05, 0) is 26.2 Å². The second-order valence-electron chi connectivity index (χ2n) is 4.29. The summed E-state index contributed by atoms with van der Waals surface area (Å²) >= 11 is 1.27. The number of nitrogens with one attached hydrogen (secondary N) is 2. The van der Waals surface area contributed by atoms with E-state index in [0.29, 0.717) is 23.0 Å². The summed E-state index contributed by atoms with van der Waals surface area (Å²) in [6.45, 7) is 2.39. The van der Waals surface area contributed by atoms with E-state index in [4.69, 9.17) is 11.0 Å². The average molecular weight is 264 g/mol. The van der Waals surface area contributed by atoms with Crippen LogP contribution in [0.1, 0.15) is 41.4 Å². The maximum atomic E-state index is 11.8. The molecule has 1 aliphatic rings. The van der Waals surface area contributed by atoms with Crippen LogP contribution >= 0.6 is 11.3 Å². The fraction of sp³-hybridized carbons (Fsp3) is 0.500. The summed E-state index contributed by atoms with van der Waals surface area (Å²) in [5, 5.41) is 15.9. The smallest absolute Gasteiger partial charge is 0.263 e. The molecule has 96 valence electrons. The van der Waals surface area contributed by atoms with E-state index in [1.165, 1.54) is 17.8 Å². The quantitative estimate of drug-likeness (QED) is 0.774. The van der Waals surface area contributed by atoms with E-state index in [9.17, 15) is 4.79 Å². The number of hydrogen-bond donors (Lipinski definition) is 3. The summed E-state index contributed by atoms with van der Waals surface area (Å²) in [4.78, 5) is 12.2. The third kappa shape index (κ3) is 2.27. The number of carbonyl (C=O) groups is 1. The first-order chi connectivity index (χ1) is 8.67. The van der Waals surface area contributed by atoms with Crippen molar-refractivity contribution in [1.29, 1.82) is 5.26 Å². The number of carbonyl (C=O) groups excluding carboxylic acids is 1. The second kappa shape index (κ2) is 5.27. The number of thiophene rings is 1. The zero-order valence-electron chi connectivity index (χ0n) is 10.2. The highest BCUT2D eigenvalue weighted by Gasteiger charge is 2.24. The molecule has 2 rings (SSSR count). The Labute approximate surface area is 110 Å². The minimum absolute atomic E-state index is 0.210. The number of rotatable bonds is 4. The molecule has 5 nitrogen and oxygen atoms in total. The maximum Gasteiger partial charge on any atom is 0.263 e. The highest BCUT2D eigenvalue weighted by molar-refractivity contribution is 7.18. The Hall–Kier alpha value is -1.74. The minimum Gasteiger partial charge on any atom is -0.396 e. The average Bonchev–Trinajstić information content (AvgIpc) is 2.60. The molecule has 0 unspecified atom stereocenters. The van der Waals surface area contributed by atoms with Crippen LogP contribution in [-0.2, 0) is 0 Å². The number of hydrogen-bond acceptors (Lipinski definition) is 5. The lowest BCUT2D eigenvalue weighted by Gasteiger charge is -2.26. The van der Waals surface area contributed by atoms with Crippen molar-refractivity contribution in [2.75, 3.05) is 17.6 Å². The van der Waals surface area contributed by atoms with Gasteiger partial charge in [0.15, 0.2) is 0 Å². The fourth-order valence-corrected chi connectivity index (χ4v) is 2.87. The highest BCUT2D eigenvalue weighted by atomic mass is 32.1. The first-order valence-electron chi connectivity index (χ1n) is 6.04. The summed E-state index contributed by atoms with van der Waals surface area (Å²) in [5.74, 6) is -0.210. The van der Waals surface area contributed by atoms with E-state index in [1.54, 1.807) is 0 Å². The molecule has 1 saturated carbocycles. The molecule has 1 aromatic rings. The van der Waals surface area contributed by atoms with Crippen LogP contribution in [0, 0.1) is 11.3 Å². The molecule has 18 heavy (non-hydrogen) atoms.